The molecule has 26 heavy (non-hydrogen) atoms. The molecule has 3 aromatic carbocycles. The topological polar surface area (TPSA) is 30.2 Å². The average molecular weight is 335 g/mol. The third kappa shape index (κ3) is 2.29. The Morgan fingerprint density at radius 2 is 1.46 bits per heavy atom. The van der Waals surface area contributed by atoms with E-state index in [1.165, 1.54) is 5.56 Å². The number of nitrogens with zero attached hydrogens (tertiary/aromatic N) is 3. The summed E-state index contributed by atoms with van der Waals surface area (Å²) in [4.78, 5) is 9.65. The van der Waals surface area contributed by atoms with E-state index in [2.05, 4.69) is 72.0 Å². The zero-order chi connectivity index (χ0) is 17.5. The molecule has 2 aromatic heterocycles. The fraction of sp³-hybridized carbons (Fsp3) is 0.0435. The molecule has 3 nitrogen and oxygen atoms in total. The van der Waals surface area contributed by atoms with E-state index in [1.807, 2.05) is 24.3 Å². The van der Waals surface area contributed by atoms with Crippen LogP contribution in [0.2, 0.25) is 0 Å². The Bertz CT molecular complexity index is 1240. The summed E-state index contributed by atoms with van der Waals surface area (Å²) in [5, 5.41) is 0. The van der Waals surface area contributed by atoms with Gasteiger partial charge in [0, 0.05) is 5.56 Å². The highest BCUT2D eigenvalue weighted by atomic mass is 15.1. The van der Waals surface area contributed by atoms with Gasteiger partial charge in [-0.15, -0.1) is 0 Å². The van der Waals surface area contributed by atoms with E-state index in [0.29, 0.717) is 0 Å². The second-order valence-electron chi connectivity index (χ2n) is 6.44. The maximum absolute atomic E-state index is 4.88. The van der Waals surface area contributed by atoms with Crippen LogP contribution in [-0.4, -0.2) is 14.4 Å². The van der Waals surface area contributed by atoms with Crippen molar-refractivity contribution in [3.05, 3.63) is 90.5 Å². The Morgan fingerprint density at radius 1 is 0.731 bits per heavy atom. The smallest absolute Gasteiger partial charge is 0.235 e. The van der Waals surface area contributed by atoms with E-state index in [9.17, 15) is 0 Å². The fourth-order valence-corrected chi connectivity index (χ4v) is 3.48. The monoisotopic (exact) mass is 335 g/mol. The first-order valence-electron chi connectivity index (χ1n) is 8.71. The van der Waals surface area contributed by atoms with Gasteiger partial charge >= 0.3 is 0 Å². The molecule has 3 heteroatoms. The third-order valence-electron chi connectivity index (χ3n) is 4.77. The minimum absolute atomic E-state index is 0.728. The van der Waals surface area contributed by atoms with Crippen LogP contribution in [0.15, 0.2) is 84.9 Å². The number of aromatic nitrogens is 3. The van der Waals surface area contributed by atoms with Gasteiger partial charge in [0.2, 0.25) is 5.78 Å². The van der Waals surface area contributed by atoms with Crippen LogP contribution in [0.3, 0.4) is 0 Å². The van der Waals surface area contributed by atoms with Gasteiger partial charge in [-0.2, -0.15) is 0 Å². The van der Waals surface area contributed by atoms with E-state index < -0.39 is 0 Å². The molecule has 5 aromatic rings. The summed E-state index contributed by atoms with van der Waals surface area (Å²) in [6.45, 7) is 2.12. The summed E-state index contributed by atoms with van der Waals surface area (Å²) in [6, 6.07) is 29.1. The van der Waals surface area contributed by atoms with Crippen LogP contribution >= 0.6 is 0 Å². The van der Waals surface area contributed by atoms with Crippen LogP contribution in [0.4, 0.5) is 0 Å². The maximum Gasteiger partial charge on any atom is 0.235 e. The minimum Gasteiger partial charge on any atom is -0.276 e. The molecule has 124 valence electrons. The minimum atomic E-state index is 0.728. The molecular formula is C23H17N3. The van der Waals surface area contributed by atoms with Crippen LogP contribution in [0.5, 0.6) is 0 Å². The maximum atomic E-state index is 4.88. The lowest BCUT2D eigenvalue weighted by Gasteiger charge is -2.11. The lowest BCUT2D eigenvalue weighted by atomic mass is 10.0. The molecule has 0 fully saturated rings. The van der Waals surface area contributed by atoms with Crippen molar-refractivity contribution in [2.24, 2.45) is 0 Å². The SMILES string of the molecule is Cc1ccccc1-c1cc(-c2ccccc2)n2c(n1)nc1ccccc12. The van der Waals surface area contributed by atoms with Crippen LogP contribution in [-0.2, 0) is 0 Å². The van der Waals surface area contributed by atoms with Crippen molar-refractivity contribution in [1.82, 2.24) is 14.4 Å². The number of hydrogen-bond donors (Lipinski definition) is 0. The van der Waals surface area contributed by atoms with Crippen molar-refractivity contribution in [2.45, 2.75) is 6.92 Å². The quantitative estimate of drug-likeness (QED) is 0.425. The summed E-state index contributed by atoms with van der Waals surface area (Å²) in [6.07, 6.45) is 0. The van der Waals surface area contributed by atoms with Gasteiger partial charge in [0.25, 0.3) is 0 Å². The van der Waals surface area contributed by atoms with E-state index in [-0.39, 0.29) is 0 Å². The predicted octanol–water partition coefficient (Wildman–Crippen LogP) is 5.52. The van der Waals surface area contributed by atoms with Crippen LogP contribution in [0.25, 0.3) is 39.3 Å². The number of aryl methyl sites for hydroxylation is 1. The molecule has 0 unspecified atom stereocenters. The highest BCUT2D eigenvalue weighted by molar-refractivity contribution is 5.84. The highest BCUT2D eigenvalue weighted by Gasteiger charge is 2.14. The largest absolute Gasteiger partial charge is 0.276 e. The van der Waals surface area contributed by atoms with Crippen molar-refractivity contribution < 1.29 is 0 Å². The molecule has 0 bridgehead atoms. The molecular weight excluding hydrogens is 318 g/mol. The standard InChI is InChI=1S/C23H17N3/c1-16-9-5-6-12-18(16)20-15-22(17-10-3-2-4-11-17)26-21-14-8-7-13-19(21)24-23(26)25-20/h2-15H,1H3. The molecule has 0 aliphatic rings. The first-order chi connectivity index (χ1) is 12.8. The van der Waals surface area contributed by atoms with Gasteiger partial charge in [-0.3, -0.25) is 4.40 Å². The number of para-hydroxylation sites is 2. The number of benzene rings is 3. The predicted molar refractivity (Wildman–Crippen MR) is 106 cm³/mol. The summed E-state index contributed by atoms with van der Waals surface area (Å²) in [5.74, 6) is 0.728. The zero-order valence-electron chi connectivity index (χ0n) is 14.4. The summed E-state index contributed by atoms with van der Waals surface area (Å²) >= 11 is 0. The van der Waals surface area contributed by atoms with Crippen molar-refractivity contribution in [3.63, 3.8) is 0 Å². The number of imidazole rings is 1. The van der Waals surface area contributed by atoms with E-state index in [0.717, 1.165) is 39.3 Å². The molecule has 0 saturated carbocycles. The van der Waals surface area contributed by atoms with Gasteiger partial charge in [0.1, 0.15) is 0 Å². The average Bonchev–Trinajstić information content (AvgIpc) is 3.07. The summed E-state index contributed by atoms with van der Waals surface area (Å²) in [5.41, 5.74) is 7.58. The molecule has 5 rings (SSSR count). The molecule has 2 heterocycles. The molecule has 0 aliphatic heterocycles. The van der Waals surface area contributed by atoms with Gasteiger partial charge in [0.05, 0.1) is 22.4 Å². The Kier molecular flexibility index (Phi) is 3.32. The molecule has 0 N–H and O–H groups in total. The Hall–Kier alpha value is -3.46. The molecule has 0 aliphatic carbocycles. The molecule has 0 spiro atoms. The summed E-state index contributed by atoms with van der Waals surface area (Å²) in [7, 11) is 0. The van der Waals surface area contributed by atoms with Gasteiger partial charge < -0.3 is 0 Å². The van der Waals surface area contributed by atoms with Gasteiger partial charge in [0.15, 0.2) is 0 Å². The molecule has 0 radical (unpaired) electrons. The van der Waals surface area contributed by atoms with Crippen molar-refractivity contribution >= 4 is 16.8 Å². The normalized spacial score (nSPS) is 11.3. The lowest BCUT2D eigenvalue weighted by molar-refractivity contribution is 1.14. The first-order valence-corrected chi connectivity index (χ1v) is 8.71. The molecule has 0 amide bonds. The van der Waals surface area contributed by atoms with E-state index >= 15 is 0 Å². The van der Waals surface area contributed by atoms with E-state index in [4.69, 9.17) is 9.97 Å². The molecule has 0 saturated heterocycles. The number of rotatable bonds is 2. The Balaban J connectivity index is 1.91. The van der Waals surface area contributed by atoms with Gasteiger partial charge in [-0.05, 0) is 36.2 Å². The summed E-state index contributed by atoms with van der Waals surface area (Å²) < 4.78 is 2.15. The van der Waals surface area contributed by atoms with Crippen molar-refractivity contribution in [3.8, 4) is 22.5 Å². The number of fused-ring (bicyclic) bond motifs is 3. The van der Waals surface area contributed by atoms with E-state index in [1.54, 1.807) is 0 Å². The van der Waals surface area contributed by atoms with Gasteiger partial charge in [-0.1, -0.05) is 66.7 Å². The highest BCUT2D eigenvalue weighted by Crippen LogP contribution is 2.30. The van der Waals surface area contributed by atoms with Gasteiger partial charge in [-0.25, -0.2) is 9.97 Å². The van der Waals surface area contributed by atoms with Crippen LogP contribution < -0.4 is 0 Å². The lowest BCUT2D eigenvalue weighted by Crippen LogP contribution is -1.98. The second-order valence-corrected chi connectivity index (χ2v) is 6.44. The number of hydrogen-bond acceptors (Lipinski definition) is 2. The van der Waals surface area contributed by atoms with Crippen molar-refractivity contribution in [1.29, 1.82) is 0 Å². The molecule has 0 atom stereocenters. The van der Waals surface area contributed by atoms with Crippen LogP contribution in [0, 0.1) is 6.92 Å². The first kappa shape index (κ1) is 14.8. The van der Waals surface area contributed by atoms with Crippen molar-refractivity contribution in [2.75, 3.05) is 0 Å². The Labute approximate surface area is 151 Å². The second kappa shape index (κ2) is 5.81. The zero-order valence-corrected chi connectivity index (χ0v) is 14.4. The Morgan fingerprint density at radius 3 is 2.31 bits per heavy atom. The van der Waals surface area contributed by atoms with Crippen LogP contribution in [0.1, 0.15) is 5.56 Å². The fourth-order valence-electron chi connectivity index (χ4n) is 3.48. The third-order valence-corrected chi connectivity index (χ3v) is 4.77.